The van der Waals surface area contributed by atoms with Gasteiger partial charge in [0.15, 0.2) is 7.28 Å². The Balaban J connectivity index is 2.97. The first kappa shape index (κ1) is 8.37. The van der Waals surface area contributed by atoms with Crippen LogP contribution in [0, 0.1) is 6.92 Å². The fourth-order valence-corrected chi connectivity index (χ4v) is 1.17. The van der Waals surface area contributed by atoms with Gasteiger partial charge in [0, 0.05) is 17.8 Å². The summed E-state index contributed by atoms with van der Waals surface area (Å²) in [4.78, 5) is 4.36. The molecule has 0 aromatic carbocycles. The van der Waals surface area contributed by atoms with Crippen molar-refractivity contribution < 1.29 is 0 Å². The second-order valence-corrected chi connectivity index (χ2v) is 3.00. The summed E-state index contributed by atoms with van der Waals surface area (Å²) in [7, 11) is 2.02. The average Bonchev–Trinajstić information content (AvgIpc) is 2.30. The zero-order valence-corrected chi connectivity index (χ0v) is 7.63. The number of rotatable bonds is 2. The number of imidazole rings is 1. The Kier molecular flexibility index (Phi) is 2.37. The standard InChI is InChI=1S/C8H14BN2/c1-6(2)11-5-8(9-4)10-7(11)3/h5-6H,1-4H3. The fraction of sp³-hybridized carbons (Fsp3) is 0.625. The largest absolute Gasteiger partial charge is 0.333 e. The normalized spacial score (nSPS) is 10.6. The molecule has 0 saturated heterocycles. The predicted molar refractivity (Wildman–Crippen MR) is 48.6 cm³/mol. The van der Waals surface area contributed by atoms with Crippen LogP contribution in [0.5, 0.6) is 0 Å². The molecular formula is C8H14BN2. The van der Waals surface area contributed by atoms with Gasteiger partial charge in [-0.3, -0.25) is 0 Å². The van der Waals surface area contributed by atoms with Gasteiger partial charge in [0.25, 0.3) is 0 Å². The highest BCUT2D eigenvalue weighted by atomic mass is 15.1. The maximum absolute atomic E-state index is 4.36. The molecule has 2 nitrogen and oxygen atoms in total. The van der Waals surface area contributed by atoms with Crippen molar-refractivity contribution >= 4 is 12.9 Å². The molecule has 0 N–H and O–H groups in total. The minimum absolute atomic E-state index is 0.510. The van der Waals surface area contributed by atoms with Crippen LogP contribution >= 0.6 is 0 Å². The van der Waals surface area contributed by atoms with Crippen molar-refractivity contribution in [3.8, 4) is 0 Å². The quantitative estimate of drug-likeness (QED) is 0.576. The molecule has 0 atom stereocenters. The number of aromatic nitrogens is 2. The Bertz CT molecular complexity index is 240. The molecule has 59 valence electrons. The third-order valence-corrected chi connectivity index (χ3v) is 1.79. The maximum atomic E-state index is 4.36. The first-order valence-corrected chi connectivity index (χ1v) is 4.00. The van der Waals surface area contributed by atoms with Gasteiger partial charge in [0.2, 0.25) is 0 Å². The minimum atomic E-state index is 0.510. The highest BCUT2D eigenvalue weighted by molar-refractivity contribution is 6.50. The number of hydrogen-bond donors (Lipinski definition) is 0. The second kappa shape index (κ2) is 3.12. The highest BCUT2D eigenvalue weighted by Gasteiger charge is 2.04. The molecule has 0 fully saturated rings. The van der Waals surface area contributed by atoms with Crippen LogP contribution in [-0.4, -0.2) is 16.8 Å². The Morgan fingerprint density at radius 3 is 2.45 bits per heavy atom. The first-order valence-electron chi connectivity index (χ1n) is 4.00. The van der Waals surface area contributed by atoms with Crippen molar-refractivity contribution in [2.75, 3.05) is 0 Å². The van der Waals surface area contributed by atoms with Gasteiger partial charge in [-0.15, -0.1) is 0 Å². The smallest absolute Gasteiger partial charge is 0.176 e. The Labute approximate surface area is 68.9 Å². The fourth-order valence-electron chi connectivity index (χ4n) is 1.17. The van der Waals surface area contributed by atoms with E-state index in [1.165, 1.54) is 0 Å². The molecule has 1 heterocycles. The maximum Gasteiger partial charge on any atom is 0.176 e. The molecule has 0 saturated carbocycles. The van der Waals surface area contributed by atoms with E-state index < -0.39 is 0 Å². The zero-order valence-electron chi connectivity index (χ0n) is 7.63. The second-order valence-electron chi connectivity index (χ2n) is 3.00. The van der Waals surface area contributed by atoms with E-state index in [0.29, 0.717) is 6.04 Å². The van der Waals surface area contributed by atoms with Gasteiger partial charge in [0.1, 0.15) is 5.82 Å². The average molecular weight is 149 g/mol. The molecule has 0 spiro atoms. The van der Waals surface area contributed by atoms with E-state index in [2.05, 4.69) is 29.6 Å². The number of hydrogen-bond acceptors (Lipinski definition) is 1. The van der Waals surface area contributed by atoms with Crippen molar-refractivity contribution in [2.45, 2.75) is 33.6 Å². The van der Waals surface area contributed by atoms with Crippen molar-refractivity contribution in [3.63, 3.8) is 0 Å². The molecule has 0 bridgehead atoms. The lowest BCUT2D eigenvalue weighted by Gasteiger charge is -2.07. The lowest BCUT2D eigenvalue weighted by molar-refractivity contribution is 0.583. The van der Waals surface area contributed by atoms with Crippen LogP contribution in [-0.2, 0) is 0 Å². The summed E-state index contributed by atoms with van der Waals surface area (Å²) in [6, 6.07) is 0.510. The van der Waals surface area contributed by atoms with Gasteiger partial charge in [0.05, 0.1) is 0 Å². The van der Waals surface area contributed by atoms with E-state index in [1.54, 1.807) is 0 Å². The van der Waals surface area contributed by atoms with Crippen LogP contribution in [0.2, 0.25) is 6.82 Å². The van der Waals surface area contributed by atoms with Crippen LogP contribution < -0.4 is 5.59 Å². The zero-order chi connectivity index (χ0) is 8.43. The molecule has 0 aliphatic heterocycles. The van der Waals surface area contributed by atoms with Gasteiger partial charge in [-0.25, -0.2) is 4.98 Å². The van der Waals surface area contributed by atoms with Crippen LogP contribution in [0.15, 0.2) is 6.20 Å². The van der Waals surface area contributed by atoms with E-state index in [0.717, 1.165) is 11.4 Å². The Hall–Kier alpha value is -0.725. The summed E-state index contributed by atoms with van der Waals surface area (Å²) in [6.07, 6.45) is 2.08. The molecule has 3 heteroatoms. The molecule has 0 aliphatic carbocycles. The molecule has 0 aliphatic rings. The first-order chi connectivity index (χ1) is 5.15. The SMILES string of the molecule is C[B]c1cn(C(C)C)c(C)n1. The summed E-state index contributed by atoms with van der Waals surface area (Å²) in [5.41, 5.74) is 1.07. The summed E-state index contributed by atoms with van der Waals surface area (Å²) < 4.78 is 2.18. The minimum Gasteiger partial charge on any atom is -0.333 e. The van der Waals surface area contributed by atoms with Gasteiger partial charge in [-0.1, -0.05) is 6.82 Å². The van der Waals surface area contributed by atoms with Gasteiger partial charge in [-0.2, -0.15) is 0 Å². The third kappa shape index (κ3) is 1.64. The van der Waals surface area contributed by atoms with Gasteiger partial charge >= 0.3 is 0 Å². The molecule has 0 unspecified atom stereocenters. The molecule has 1 rings (SSSR count). The Morgan fingerprint density at radius 1 is 1.55 bits per heavy atom. The van der Waals surface area contributed by atoms with Gasteiger partial charge in [-0.05, 0) is 20.8 Å². The van der Waals surface area contributed by atoms with E-state index >= 15 is 0 Å². The summed E-state index contributed by atoms with van der Waals surface area (Å²) >= 11 is 0. The monoisotopic (exact) mass is 149 g/mol. The van der Waals surface area contributed by atoms with Crippen LogP contribution in [0.3, 0.4) is 0 Å². The molecule has 1 radical (unpaired) electrons. The Morgan fingerprint density at radius 2 is 2.18 bits per heavy atom. The van der Waals surface area contributed by atoms with E-state index in [4.69, 9.17) is 0 Å². The van der Waals surface area contributed by atoms with Crippen LogP contribution in [0.25, 0.3) is 0 Å². The van der Waals surface area contributed by atoms with Crippen LogP contribution in [0.4, 0.5) is 0 Å². The summed E-state index contributed by atoms with van der Waals surface area (Å²) in [5, 5.41) is 0. The third-order valence-electron chi connectivity index (χ3n) is 1.79. The predicted octanol–water partition coefficient (Wildman–Crippen LogP) is 1.15. The van der Waals surface area contributed by atoms with Crippen molar-refractivity contribution in [1.29, 1.82) is 0 Å². The topological polar surface area (TPSA) is 17.8 Å². The molecule has 11 heavy (non-hydrogen) atoms. The van der Waals surface area contributed by atoms with E-state index in [1.807, 2.05) is 21.0 Å². The van der Waals surface area contributed by atoms with Crippen molar-refractivity contribution in [2.24, 2.45) is 0 Å². The molecule has 1 aromatic heterocycles. The lowest BCUT2D eigenvalue weighted by Crippen LogP contribution is -2.11. The van der Waals surface area contributed by atoms with Crippen LogP contribution in [0.1, 0.15) is 25.7 Å². The summed E-state index contributed by atoms with van der Waals surface area (Å²) in [6.45, 7) is 8.36. The molecule has 1 aromatic rings. The number of nitrogens with zero attached hydrogens (tertiary/aromatic N) is 2. The number of aryl methyl sites for hydroxylation is 1. The summed E-state index contributed by atoms with van der Waals surface area (Å²) in [5.74, 6) is 1.09. The molecule has 0 amide bonds. The van der Waals surface area contributed by atoms with E-state index in [9.17, 15) is 0 Å². The van der Waals surface area contributed by atoms with Crippen molar-refractivity contribution in [1.82, 2.24) is 9.55 Å². The van der Waals surface area contributed by atoms with Gasteiger partial charge < -0.3 is 4.57 Å². The van der Waals surface area contributed by atoms with Crippen molar-refractivity contribution in [3.05, 3.63) is 12.0 Å². The molecular weight excluding hydrogens is 135 g/mol. The van der Waals surface area contributed by atoms with E-state index in [-0.39, 0.29) is 0 Å². The lowest BCUT2D eigenvalue weighted by atomic mass is 9.79. The highest BCUT2D eigenvalue weighted by Crippen LogP contribution is 2.04.